The third-order valence-corrected chi connectivity index (χ3v) is 2.58. The molecule has 0 aliphatic rings. The molecule has 0 amide bonds. The van der Waals surface area contributed by atoms with E-state index in [1.807, 2.05) is 13.8 Å². The van der Waals surface area contributed by atoms with Gasteiger partial charge >= 0.3 is 0 Å². The van der Waals surface area contributed by atoms with E-state index in [-0.39, 0.29) is 17.5 Å². The molecule has 0 fully saturated rings. The van der Waals surface area contributed by atoms with Crippen LogP contribution >= 0.6 is 0 Å². The summed E-state index contributed by atoms with van der Waals surface area (Å²) in [6, 6.07) is 4.67. The number of hydrogen-bond acceptors (Lipinski definition) is 5. The highest BCUT2D eigenvalue weighted by Crippen LogP contribution is 2.24. The van der Waals surface area contributed by atoms with Crippen LogP contribution in [0.5, 0.6) is 0 Å². The van der Waals surface area contributed by atoms with Crippen LogP contribution in [0, 0.1) is 10.1 Å². The maximum Gasteiger partial charge on any atom is 0.292 e. The molecule has 0 saturated carbocycles. The standard InChI is InChI=1S/C13H21N3O3/c1-10(2)19-8-4-3-7-15-11-5-6-13(16(17)18)12(14)9-11/h5-6,9-10,15H,3-4,7-8,14H2,1-2H3. The van der Waals surface area contributed by atoms with Crippen molar-refractivity contribution in [1.82, 2.24) is 0 Å². The van der Waals surface area contributed by atoms with E-state index in [0.717, 1.165) is 31.7 Å². The Morgan fingerprint density at radius 1 is 1.42 bits per heavy atom. The highest BCUT2D eigenvalue weighted by molar-refractivity contribution is 5.65. The summed E-state index contributed by atoms with van der Waals surface area (Å²) in [5.74, 6) is 0. The molecule has 0 heterocycles. The molecule has 0 atom stereocenters. The van der Waals surface area contributed by atoms with Crippen molar-refractivity contribution in [1.29, 1.82) is 0 Å². The topological polar surface area (TPSA) is 90.4 Å². The number of nitro groups is 1. The Bertz CT molecular complexity index is 422. The summed E-state index contributed by atoms with van der Waals surface area (Å²) >= 11 is 0. The lowest BCUT2D eigenvalue weighted by Gasteiger charge is -2.09. The highest BCUT2D eigenvalue weighted by Gasteiger charge is 2.10. The predicted octanol–water partition coefficient (Wildman–Crippen LogP) is 2.79. The highest BCUT2D eigenvalue weighted by atomic mass is 16.6. The van der Waals surface area contributed by atoms with E-state index in [2.05, 4.69) is 5.32 Å². The average Bonchev–Trinajstić information content (AvgIpc) is 2.32. The summed E-state index contributed by atoms with van der Waals surface area (Å²) in [5, 5.41) is 13.8. The minimum atomic E-state index is -0.484. The summed E-state index contributed by atoms with van der Waals surface area (Å²) < 4.78 is 5.43. The van der Waals surface area contributed by atoms with E-state index in [4.69, 9.17) is 10.5 Å². The molecule has 0 aliphatic carbocycles. The van der Waals surface area contributed by atoms with Crippen molar-refractivity contribution < 1.29 is 9.66 Å². The first-order chi connectivity index (χ1) is 9.00. The van der Waals surface area contributed by atoms with Gasteiger partial charge < -0.3 is 15.8 Å². The molecule has 0 spiro atoms. The van der Waals surface area contributed by atoms with Gasteiger partial charge in [0, 0.05) is 24.9 Å². The molecule has 3 N–H and O–H groups in total. The third kappa shape index (κ3) is 5.56. The smallest absolute Gasteiger partial charge is 0.292 e. The second-order valence-corrected chi connectivity index (χ2v) is 4.58. The van der Waals surface area contributed by atoms with Crippen molar-refractivity contribution in [3.63, 3.8) is 0 Å². The molecule has 0 unspecified atom stereocenters. The molecule has 0 saturated heterocycles. The maximum absolute atomic E-state index is 10.6. The summed E-state index contributed by atoms with van der Waals surface area (Å²) in [6.45, 7) is 5.57. The fraction of sp³-hybridized carbons (Fsp3) is 0.538. The normalized spacial score (nSPS) is 10.7. The predicted molar refractivity (Wildman–Crippen MR) is 76.3 cm³/mol. The van der Waals surface area contributed by atoms with Gasteiger partial charge in [0.25, 0.3) is 5.69 Å². The number of anilines is 2. The molecule has 6 heteroatoms. The molecule has 0 aliphatic heterocycles. The summed E-state index contributed by atoms with van der Waals surface area (Å²) in [4.78, 5) is 10.1. The van der Waals surface area contributed by atoms with E-state index < -0.39 is 4.92 Å². The Kier molecular flexibility index (Phi) is 6.08. The SMILES string of the molecule is CC(C)OCCCCNc1ccc([N+](=O)[O-])c(N)c1. The van der Waals surface area contributed by atoms with Gasteiger partial charge in [0.2, 0.25) is 0 Å². The molecule has 19 heavy (non-hydrogen) atoms. The van der Waals surface area contributed by atoms with E-state index in [1.165, 1.54) is 6.07 Å². The zero-order valence-corrected chi connectivity index (χ0v) is 11.4. The number of hydrogen-bond donors (Lipinski definition) is 2. The first-order valence-electron chi connectivity index (χ1n) is 6.40. The number of nitrogens with zero attached hydrogens (tertiary/aromatic N) is 1. The Hall–Kier alpha value is -1.82. The Labute approximate surface area is 113 Å². The Morgan fingerprint density at radius 2 is 2.16 bits per heavy atom. The number of nitrogens with two attached hydrogens (primary N) is 1. The van der Waals surface area contributed by atoms with Crippen molar-refractivity contribution in [2.24, 2.45) is 0 Å². The van der Waals surface area contributed by atoms with Crippen molar-refractivity contribution in [2.45, 2.75) is 32.8 Å². The van der Waals surface area contributed by atoms with Gasteiger partial charge in [0.1, 0.15) is 5.69 Å². The Morgan fingerprint density at radius 3 is 2.74 bits per heavy atom. The molecule has 1 rings (SSSR count). The fourth-order valence-electron chi connectivity index (χ4n) is 1.61. The van der Waals surface area contributed by atoms with Crippen molar-refractivity contribution in [3.05, 3.63) is 28.3 Å². The summed E-state index contributed by atoms with van der Waals surface area (Å²) in [6.07, 6.45) is 2.22. The fourth-order valence-corrected chi connectivity index (χ4v) is 1.61. The van der Waals surface area contributed by atoms with Crippen LogP contribution in [0.1, 0.15) is 26.7 Å². The molecule has 0 bridgehead atoms. The minimum absolute atomic E-state index is 0.0594. The Balaban J connectivity index is 2.30. The maximum atomic E-state index is 10.6. The van der Waals surface area contributed by atoms with Gasteiger partial charge in [-0.2, -0.15) is 0 Å². The van der Waals surface area contributed by atoms with Gasteiger partial charge in [-0.25, -0.2) is 0 Å². The average molecular weight is 267 g/mol. The third-order valence-electron chi connectivity index (χ3n) is 2.58. The van der Waals surface area contributed by atoms with Crippen LogP contribution in [0.2, 0.25) is 0 Å². The minimum Gasteiger partial charge on any atom is -0.393 e. The number of rotatable bonds is 8. The number of ether oxygens (including phenoxy) is 1. The zero-order chi connectivity index (χ0) is 14.3. The lowest BCUT2D eigenvalue weighted by Crippen LogP contribution is -2.07. The van der Waals surface area contributed by atoms with Crippen molar-refractivity contribution >= 4 is 17.1 Å². The molecular weight excluding hydrogens is 246 g/mol. The zero-order valence-electron chi connectivity index (χ0n) is 11.4. The number of unbranched alkanes of at least 4 members (excludes halogenated alkanes) is 1. The molecule has 6 nitrogen and oxygen atoms in total. The van der Waals surface area contributed by atoms with Crippen molar-refractivity contribution in [3.8, 4) is 0 Å². The molecule has 1 aromatic carbocycles. The monoisotopic (exact) mass is 267 g/mol. The van der Waals surface area contributed by atoms with Crippen LogP contribution in [-0.2, 0) is 4.74 Å². The first-order valence-corrected chi connectivity index (χ1v) is 6.40. The van der Waals surface area contributed by atoms with E-state index in [1.54, 1.807) is 12.1 Å². The van der Waals surface area contributed by atoms with Crippen LogP contribution < -0.4 is 11.1 Å². The summed E-state index contributed by atoms with van der Waals surface area (Å²) in [7, 11) is 0. The van der Waals surface area contributed by atoms with Crippen molar-refractivity contribution in [2.75, 3.05) is 24.2 Å². The summed E-state index contributed by atoms with van der Waals surface area (Å²) in [5.41, 5.74) is 6.52. The van der Waals surface area contributed by atoms with Crippen LogP contribution in [0.15, 0.2) is 18.2 Å². The van der Waals surface area contributed by atoms with E-state index in [0.29, 0.717) is 0 Å². The molecular formula is C13H21N3O3. The van der Waals surface area contributed by atoms with Gasteiger partial charge in [-0.3, -0.25) is 10.1 Å². The first kappa shape index (κ1) is 15.2. The number of benzene rings is 1. The van der Waals surface area contributed by atoms with Crippen LogP contribution in [0.3, 0.4) is 0 Å². The number of nitrogen functional groups attached to an aromatic ring is 1. The second kappa shape index (κ2) is 7.58. The lowest BCUT2D eigenvalue weighted by atomic mass is 10.2. The largest absolute Gasteiger partial charge is 0.393 e. The molecule has 1 aromatic rings. The number of nitrogens with one attached hydrogen (secondary N) is 1. The molecule has 0 aromatic heterocycles. The van der Waals surface area contributed by atoms with Gasteiger partial charge in [-0.05, 0) is 38.8 Å². The van der Waals surface area contributed by atoms with Crippen LogP contribution in [-0.4, -0.2) is 24.2 Å². The van der Waals surface area contributed by atoms with Gasteiger partial charge in [-0.1, -0.05) is 0 Å². The van der Waals surface area contributed by atoms with E-state index >= 15 is 0 Å². The number of nitro benzene ring substituents is 1. The van der Waals surface area contributed by atoms with E-state index in [9.17, 15) is 10.1 Å². The van der Waals surface area contributed by atoms with Gasteiger partial charge in [0.05, 0.1) is 11.0 Å². The molecule has 0 radical (unpaired) electrons. The molecule has 106 valence electrons. The lowest BCUT2D eigenvalue weighted by molar-refractivity contribution is -0.383. The van der Waals surface area contributed by atoms with Crippen LogP contribution in [0.25, 0.3) is 0 Å². The quantitative estimate of drug-likeness (QED) is 0.327. The van der Waals surface area contributed by atoms with Gasteiger partial charge in [0.15, 0.2) is 0 Å². The van der Waals surface area contributed by atoms with Crippen LogP contribution in [0.4, 0.5) is 17.1 Å². The van der Waals surface area contributed by atoms with Gasteiger partial charge in [-0.15, -0.1) is 0 Å². The second-order valence-electron chi connectivity index (χ2n) is 4.58.